The van der Waals surface area contributed by atoms with Crippen LogP contribution in [0.5, 0.6) is 0 Å². The van der Waals surface area contributed by atoms with E-state index in [4.69, 9.17) is 5.26 Å². The highest BCUT2D eigenvalue weighted by Crippen LogP contribution is 2.22. The van der Waals surface area contributed by atoms with E-state index in [1.165, 1.54) is 0 Å². The maximum atomic E-state index is 12.0. The molecule has 4 heteroatoms. The van der Waals surface area contributed by atoms with E-state index >= 15 is 0 Å². The quantitative estimate of drug-likeness (QED) is 0.732. The van der Waals surface area contributed by atoms with E-state index in [-0.39, 0.29) is 5.41 Å². The molecule has 1 unspecified atom stereocenters. The van der Waals surface area contributed by atoms with Crippen LogP contribution in [0.4, 0.5) is 0 Å². The lowest BCUT2D eigenvalue weighted by atomic mass is 9.89. The molecule has 0 N–H and O–H groups in total. The van der Waals surface area contributed by atoms with Gasteiger partial charge in [0.2, 0.25) is 0 Å². The molecule has 0 radical (unpaired) electrons. The van der Waals surface area contributed by atoms with Crippen LogP contribution in [0.15, 0.2) is 33.6 Å². The minimum Gasteiger partial charge on any atom is -0.254 e. The first kappa shape index (κ1) is 15.4. The van der Waals surface area contributed by atoms with Crippen molar-refractivity contribution >= 4 is 26.7 Å². The molecular formula is C14H18BrNOS. The molecule has 18 heavy (non-hydrogen) atoms. The minimum absolute atomic E-state index is 0.265. The fourth-order valence-corrected chi connectivity index (χ4v) is 2.97. The van der Waals surface area contributed by atoms with Crippen molar-refractivity contribution in [2.24, 2.45) is 5.41 Å². The lowest BCUT2D eigenvalue weighted by Gasteiger charge is -2.14. The summed E-state index contributed by atoms with van der Waals surface area (Å²) in [4.78, 5) is 0.873. The first-order valence-corrected chi connectivity index (χ1v) is 8.11. The molecule has 0 spiro atoms. The zero-order valence-electron chi connectivity index (χ0n) is 10.8. The largest absolute Gasteiger partial charge is 0.254 e. The van der Waals surface area contributed by atoms with Gasteiger partial charge < -0.3 is 0 Å². The van der Waals surface area contributed by atoms with E-state index in [9.17, 15) is 4.21 Å². The average molecular weight is 328 g/mol. The van der Waals surface area contributed by atoms with Crippen LogP contribution in [-0.4, -0.2) is 9.96 Å². The van der Waals surface area contributed by atoms with Gasteiger partial charge in [-0.15, -0.1) is 0 Å². The topological polar surface area (TPSA) is 40.9 Å². The van der Waals surface area contributed by atoms with Crippen LogP contribution in [0.1, 0.15) is 33.1 Å². The van der Waals surface area contributed by atoms with Gasteiger partial charge in [-0.1, -0.05) is 22.4 Å². The van der Waals surface area contributed by atoms with Crippen LogP contribution >= 0.6 is 15.9 Å². The second-order valence-electron chi connectivity index (χ2n) is 4.96. The molecule has 1 aromatic rings. The maximum Gasteiger partial charge on any atom is 0.0683 e. The second kappa shape index (κ2) is 7.06. The molecule has 0 aliphatic rings. The van der Waals surface area contributed by atoms with Gasteiger partial charge in [-0.3, -0.25) is 4.21 Å². The van der Waals surface area contributed by atoms with Crippen LogP contribution in [0.25, 0.3) is 0 Å². The number of unbranched alkanes of at least 4 members (excludes halogenated alkanes) is 1. The van der Waals surface area contributed by atoms with Crippen LogP contribution < -0.4 is 0 Å². The van der Waals surface area contributed by atoms with Crippen molar-refractivity contribution in [3.05, 3.63) is 28.7 Å². The molecule has 0 aromatic heterocycles. The molecule has 0 aliphatic carbocycles. The summed E-state index contributed by atoms with van der Waals surface area (Å²) in [6.07, 6.45) is 2.71. The molecule has 0 fully saturated rings. The third kappa shape index (κ3) is 5.32. The molecular weight excluding hydrogens is 310 g/mol. The number of benzene rings is 1. The molecule has 2 nitrogen and oxygen atoms in total. The molecule has 0 bridgehead atoms. The van der Waals surface area contributed by atoms with Gasteiger partial charge in [0.25, 0.3) is 0 Å². The summed E-state index contributed by atoms with van der Waals surface area (Å²) in [5, 5.41) is 8.89. The zero-order chi connectivity index (χ0) is 13.6. The zero-order valence-corrected chi connectivity index (χ0v) is 13.2. The summed E-state index contributed by atoms with van der Waals surface area (Å²) in [5.41, 5.74) is -0.265. The maximum absolute atomic E-state index is 12.0. The van der Waals surface area contributed by atoms with E-state index in [0.717, 1.165) is 28.6 Å². The Balaban J connectivity index is 2.34. The van der Waals surface area contributed by atoms with Crippen LogP contribution in [0, 0.1) is 16.7 Å². The SMILES string of the molecule is CC(C)(C#N)CCCCS(=O)c1ccc(Br)cc1. The van der Waals surface area contributed by atoms with Crippen molar-refractivity contribution in [3.8, 4) is 6.07 Å². The molecule has 0 aliphatic heterocycles. The Hall–Kier alpha value is -0.660. The van der Waals surface area contributed by atoms with E-state index in [0.29, 0.717) is 5.75 Å². The highest BCUT2D eigenvalue weighted by Gasteiger charge is 2.15. The number of hydrogen-bond acceptors (Lipinski definition) is 2. The van der Waals surface area contributed by atoms with Crippen molar-refractivity contribution in [2.45, 2.75) is 38.0 Å². The summed E-state index contributed by atoms with van der Waals surface area (Å²) >= 11 is 3.36. The van der Waals surface area contributed by atoms with Gasteiger partial charge in [0, 0.05) is 15.1 Å². The van der Waals surface area contributed by atoms with E-state index in [1.54, 1.807) is 0 Å². The van der Waals surface area contributed by atoms with E-state index in [2.05, 4.69) is 22.0 Å². The molecule has 0 heterocycles. The Morgan fingerprint density at radius 3 is 2.44 bits per heavy atom. The van der Waals surface area contributed by atoms with Gasteiger partial charge in [0.1, 0.15) is 0 Å². The lowest BCUT2D eigenvalue weighted by Crippen LogP contribution is -2.08. The van der Waals surface area contributed by atoms with Gasteiger partial charge in [-0.2, -0.15) is 5.26 Å². The molecule has 0 amide bonds. The highest BCUT2D eigenvalue weighted by molar-refractivity contribution is 9.10. The third-order valence-electron chi connectivity index (χ3n) is 2.76. The Kier molecular flexibility index (Phi) is 6.04. The fraction of sp³-hybridized carbons (Fsp3) is 0.500. The number of nitriles is 1. The van der Waals surface area contributed by atoms with Crippen LogP contribution in [-0.2, 0) is 10.8 Å². The van der Waals surface area contributed by atoms with E-state index < -0.39 is 10.8 Å². The molecule has 0 saturated carbocycles. The minimum atomic E-state index is -0.926. The Morgan fingerprint density at radius 2 is 1.89 bits per heavy atom. The molecule has 1 atom stereocenters. The standard InChI is InChI=1S/C14H18BrNOS/c1-14(2,11-16)9-3-4-10-18(17)13-7-5-12(15)6-8-13/h5-8H,3-4,9-10H2,1-2H3. The van der Waals surface area contributed by atoms with Gasteiger partial charge in [0.05, 0.1) is 22.3 Å². The highest BCUT2D eigenvalue weighted by atomic mass is 79.9. The number of halogens is 1. The summed E-state index contributed by atoms with van der Waals surface area (Å²) in [6.45, 7) is 3.89. The van der Waals surface area contributed by atoms with Gasteiger partial charge in [0.15, 0.2) is 0 Å². The monoisotopic (exact) mass is 327 g/mol. The first-order valence-electron chi connectivity index (χ1n) is 6.00. The van der Waals surface area contributed by atoms with Crippen molar-refractivity contribution in [1.29, 1.82) is 5.26 Å². The third-order valence-corrected chi connectivity index (χ3v) is 4.75. The van der Waals surface area contributed by atoms with Gasteiger partial charge in [-0.25, -0.2) is 0 Å². The predicted molar refractivity (Wildman–Crippen MR) is 78.7 cm³/mol. The molecule has 1 aromatic carbocycles. The smallest absolute Gasteiger partial charge is 0.0683 e. The first-order chi connectivity index (χ1) is 8.44. The summed E-state index contributed by atoms with van der Waals surface area (Å²) in [6, 6.07) is 9.88. The number of nitrogens with zero attached hydrogens (tertiary/aromatic N) is 1. The summed E-state index contributed by atoms with van der Waals surface area (Å²) in [7, 11) is -0.926. The van der Waals surface area contributed by atoms with Gasteiger partial charge >= 0.3 is 0 Å². The molecule has 0 saturated heterocycles. The van der Waals surface area contributed by atoms with Crippen molar-refractivity contribution in [3.63, 3.8) is 0 Å². The van der Waals surface area contributed by atoms with E-state index in [1.807, 2.05) is 38.1 Å². The van der Waals surface area contributed by atoms with Crippen LogP contribution in [0.2, 0.25) is 0 Å². The summed E-state index contributed by atoms with van der Waals surface area (Å²) < 4.78 is 13.0. The number of rotatable bonds is 6. The Labute approximate surface area is 120 Å². The number of hydrogen-bond donors (Lipinski definition) is 0. The summed E-state index contributed by atoms with van der Waals surface area (Å²) in [5.74, 6) is 0.670. The second-order valence-corrected chi connectivity index (χ2v) is 7.44. The molecule has 1 rings (SSSR count). The van der Waals surface area contributed by atoms with Crippen molar-refractivity contribution in [2.75, 3.05) is 5.75 Å². The predicted octanol–water partition coefficient (Wildman–Crippen LogP) is 4.28. The molecule has 98 valence electrons. The Morgan fingerprint density at radius 1 is 1.28 bits per heavy atom. The Bertz CT molecular complexity index is 448. The van der Waals surface area contributed by atoms with Crippen molar-refractivity contribution < 1.29 is 4.21 Å². The average Bonchev–Trinajstić information content (AvgIpc) is 2.35. The lowest BCUT2D eigenvalue weighted by molar-refractivity contribution is 0.432. The normalized spacial score (nSPS) is 13.0. The van der Waals surface area contributed by atoms with Gasteiger partial charge in [-0.05, 0) is 51.0 Å². The van der Waals surface area contributed by atoms with Crippen molar-refractivity contribution in [1.82, 2.24) is 0 Å². The van der Waals surface area contributed by atoms with Crippen LogP contribution in [0.3, 0.4) is 0 Å². The fourth-order valence-electron chi connectivity index (χ4n) is 1.56.